The Labute approximate surface area is 316 Å². The minimum atomic E-state index is 0.593. The van der Waals surface area contributed by atoms with Crippen LogP contribution in [0.3, 0.4) is 0 Å². The quantitative estimate of drug-likeness (QED) is 0.169. The van der Waals surface area contributed by atoms with Gasteiger partial charge in [-0.05, 0) is 65.5 Å². The molecule has 0 radical (unpaired) electrons. The largest absolute Gasteiger partial charge is 0.311 e. The predicted molar refractivity (Wildman–Crippen MR) is 226 cm³/mol. The van der Waals surface area contributed by atoms with Crippen LogP contribution in [0.25, 0.3) is 98.5 Å². The lowest BCUT2D eigenvalue weighted by atomic mass is 9.99. The summed E-state index contributed by atoms with van der Waals surface area (Å²) in [5.74, 6) is 0. The van der Waals surface area contributed by atoms with E-state index in [2.05, 4.69) is 164 Å². The Morgan fingerprint density at radius 3 is 1.64 bits per heavy atom. The topological polar surface area (TPSA) is 42.9 Å². The lowest BCUT2D eigenvalue weighted by Gasteiger charge is -2.18. The van der Waals surface area contributed by atoms with Crippen LogP contribution in [-0.2, 0) is 0 Å². The van der Waals surface area contributed by atoms with Crippen LogP contribution in [0.4, 0.5) is 5.69 Å². The van der Waals surface area contributed by atoms with Gasteiger partial charge in [-0.25, -0.2) is 4.85 Å². The number of nitriles is 1. The van der Waals surface area contributed by atoms with Gasteiger partial charge in [0, 0.05) is 43.7 Å². The Morgan fingerprint density at radius 1 is 0.455 bits per heavy atom. The van der Waals surface area contributed by atoms with Crippen molar-refractivity contribution in [3.05, 3.63) is 193 Å². The molecule has 0 unspecified atom stereocenters. The molecule has 8 aromatic carbocycles. The fourth-order valence-corrected chi connectivity index (χ4v) is 8.86. The van der Waals surface area contributed by atoms with E-state index < -0.39 is 0 Å². The molecule has 0 fully saturated rings. The van der Waals surface area contributed by atoms with E-state index >= 15 is 0 Å². The average Bonchev–Trinajstić information content (AvgIpc) is 3.89. The summed E-state index contributed by atoms with van der Waals surface area (Å²) in [5, 5.41) is 17.5. The van der Waals surface area contributed by atoms with Crippen LogP contribution in [-0.4, -0.2) is 13.7 Å². The van der Waals surface area contributed by atoms with Crippen molar-refractivity contribution in [1.29, 1.82) is 5.26 Å². The Bertz CT molecular complexity index is 3400. The van der Waals surface area contributed by atoms with Gasteiger partial charge in [-0.15, -0.1) is 0 Å². The van der Waals surface area contributed by atoms with Gasteiger partial charge in [0.05, 0.1) is 51.1 Å². The highest BCUT2D eigenvalue weighted by Gasteiger charge is 2.23. The van der Waals surface area contributed by atoms with E-state index in [1.165, 1.54) is 10.8 Å². The van der Waals surface area contributed by atoms with Crippen molar-refractivity contribution in [2.45, 2.75) is 0 Å². The first kappa shape index (κ1) is 30.7. The van der Waals surface area contributed by atoms with Crippen LogP contribution < -0.4 is 0 Å². The van der Waals surface area contributed by atoms with Gasteiger partial charge in [-0.1, -0.05) is 121 Å². The normalized spacial score (nSPS) is 11.6. The van der Waals surface area contributed by atoms with Crippen LogP contribution >= 0.6 is 0 Å². The van der Waals surface area contributed by atoms with E-state index in [-0.39, 0.29) is 0 Å². The van der Waals surface area contributed by atoms with Gasteiger partial charge in [-0.2, -0.15) is 5.26 Å². The van der Waals surface area contributed by atoms with Crippen molar-refractivity contribution < 1.29 is 0 Å². The molecule has 0 aliphatic rings. The molecule has 254 valence electrons. The number of fused-ring (bicyclic) bond motifs is 9. The summed E-state index contributed by atoms with van der Waals surface area (Å²) in [6.07, 6.45) is 0. The minimum absolute atomic E-state index is 0.593. The summed E-state index contributed by atoms with van der Waals surface area (Å²) >= 11 is 0. The molecule has 0 bridgehead atoms. The van der Waals surface area contributed by atoms with Crippen LogP contribution in [0.15, 0.2) is 176 Å². The monoisotopic (exact) mass is 699 g/mol. The zero-order chi connectivity index (χ0) is 36.6. The summed E-state index contributed by atoms with van der Waals surface area (Å²) in [4.78, 5) is 3.86. The standard InChI is InChI=1S/C50H29N5/c1-52-41-20-12-25-46-48(41)40-17-5-9-24-45(40)53(46)34-29-27-32(28-30-34)35-18-10-13-33(31-51)49(35)55-44-23-8-4-16-38(44)39-19-11-26-47(50(39)55)54-42-21-6-2-14-36(42)37-15-3-7-22-43(37)54/h2-30H. The SMILES string of the molecule is [C-]#[N+]c1cccc2c1c1ccccc1n2-c1ccc(-c2cccc(C#N)c2-n2c3ccccc3c3cccc(-n4c5ccccc5c5ccccc54)c32)cc1. The summed E-state index contributed by atoms with van der Waals surface area (Å²) in [5.41, 5.74) is 12.5. The third-order valence-corrected chi connectivity index (χ3v) is 11.1. The van der Waals surface area contributed by atoms with Gasteiger partial charge in [0.15, 0.2) is 5.69 Å². The Balaban J connectivity index is 1.18. The lowest BCUT2D eigenvalue weighted by molar-refractivity contribution is 1.12. The van der Waals surface area contributed by atoms with Crippen LogP contribution in [0.1, 0.15) is 5.56 Å². The van der Waals surface area contributed by atoms with Crippen molar-refractivity contribution in [2.75, 3.05) is 0 Å². The second-order valence-electron chi connectivity index (χ2n) is 13.9. The number of hydrogen-bond donors (Lipinski definition) is 0. The maximum atomic E-state index is 10.8. The first-order valence-corrected chi connectivity index (χ1v) is 18.3. The summed E-state index contributed by atoms with van der Waals surface area (Å²) < 4.78 is 6.92. The zero-order valence-corrected chi connectivity index (χ0v) is 29.5. The molecular weight excluding hydrogens is 671 g/mol. The van der Waals surface area contributed by atoms with E-state index in [9.17, 15) is 5.26 Å². The maximum absolute atomic E-state index is 10.8. The molecule has 55 heavy (non-hydrogen) atoms. The maximum Gasteiger partial charge on any atom is 0.197 e. The van der Waals surface area contributed by atoms with Gasteiger partial charge in [0.1, 0.15) is 6.07 Å². The number of rotatable bonds is 4. The number of para-hydroxylation sites is 6. The van der Waals surface area contributed by atoms with Gasteiger partial charge in [0.25, 0.3) is 0 Å². The minimum Gasteiger partial charge on any atom is -0.311 e. The van der Waals surface area contributed by atoms with Gasteiger partial charge < -0.3 is 13.7 Å². The van der Waals surface area contributed by atoms with Crippen molar-refractivity contribution in [3.63, 3.8) is 0 Å². The van der Waals surface area contributed by atoms with E-state index in [1.807, 2.05) is 36.4 Å². The number of aromatic nitrogens is 3. The van der Waals surface area contributed by atoms with Gasteiger partial charge >= 0.3 is 0 Å². The van der Waals surface area contributed by atoms with E-state index in [0.29, 0.717) is 11.3 Å². The fraction of sp³-hybridized carbons (Fsp3) is 0. The molecule has 0 N–H and O–H groups in total. The first-order chi connectivity index (χ1) is 27.2. The first-order valence-electron chi connectivity index (χ1n) is 18.3. The van der Waals surface area contributed by atoms with Gasteiger partial charge in [-0.3, -0.25) is 0 Å². The number of nitrogens with zero attached hydrogens (tertiary/aromatic N) is 5. The molecule has 3 heterocycles. The lowest BCUT2D eigenvalue weighted by Crippen LogP contribution is -2.04. The summed E-state index contributed by atoms with van der Waals surface area (Å²) in [7, 11) is 0. The predicted octanol–water partition coefficient (Wildman–Crippen LogP) is 13.1. The number of hydrogen-bond acceptors (Lipinski definition) is 1. The molecular formula is C50H29N5. The zero-order valence-electron chi connectivity index (χ0n) is 29.5. The molecule has 0 saturated carbocycles. The summed E-state index contributed by atoms with van der Waals surface area (Å²) in [6.45, 7) is 7.87. The highest BCUT2D eigenvalue weighted by molar-refractivity contribution is 6.16. The number of benzene rings is 8. The van der Waals surface area contributed by atoms with Gasteiger partial charge in [0.2, 0.25) is 0 Å². The third kappa shape index (κ3) is 4.33. The highest BCUT2D eigenvalue weighted by Crippen LogP contribution is 2.43. The second-order valence-corrected chi connectivity index (χ2v) is 13.9. The van der Waals surface area contributed by atoms with Crippen molar-refractivity contribution in [1.82, 2.24) is 13.7 Å². The molecule has 0 aliphatic carbocycles. The fourth-order valence-electron chi connectivity index (χ4n) is 8.86. The molecule has 0 aliphatic heterocycles. The summed E-state index contributed by atoms with van der Waals surface area (Å²) in [6, 6.07) is 63.6. The van der Waals surface area contributed by atoms with Crippen LogP contribution in [0.5, 0.6) is 0 Å². The molecule has 0 amide bonds. The van der Waals surface area contributed by atoms with Crippen LogP contribution in [0, 0.1) is 17.9 Å². The molecule has 0 atom stereocenters. The molecule has 0 spiro atoms. The van der Waals surface area contributed by atoms with E-state index in [0.717, 1.165) is 82.8 Å². The second kappa shape index (κ2) is 11.8. The van der Waals surface area contributed by atoms with Crippen molar-refractivity contribution in [3.8, 4) is 34.3 Å². The van der Waals surface area contributed by atoms with E-state index in [4.69, 9.17) is 6.57 Å². The molecule has 11 aromatic rings. The van der Waals surface area contributed by atoms with E-state index in [1.54, 1.807) is 0 Å². The van der Waals surface area contributed by atoms with Crippen LogP contribution in [0.2, 0.25) is 0 Å². The smallest absolute Gasteiger partial charge is 0.197 e. The Morgan fingerprint density at radius 2 is 0.982 bits per heavy atom. The molecule has 0 saturated heterocycles. The third-order valence-electron chi connectivity index (χ3n) is 11.1. The molecule has 5 heteroatoms. The molecule has 3 aromatic heterocycles. The van der Waals surface area contributed by atoms with Crippen molar-refractivity contribution >= 4 is 71.1 Å². The molecule has 5 nitrogen and oxygen atoms in total. The Hall–Kier alpha value is -7.86. The molecule has 11 rings (SSSR count). The van der Waals surface area contributed by atoms with Crippen molar-refractivity contribution in [2.24, 2.45) is 0 Å². The average molecular weight is 700 g/mol. The Kier molecular flexibility index (Phi) is 6.61. The highest BCUT2D eigenvalue weighted by atomic mass is 15.1.